The fourth-order valence-corrected chi connectivity index (χ4v) is 3.24. The molecule has 0 amide bonds. The van der Waals surface area contributed by atoms with Gasteiger partial charge in [0.05, 0.1) is 5.69 Å². The zero-order valence-corrected chi connectivity index (χ0v) is 17.4. The normalized spacial score (nSPS) is 16.7. The smallest absolute Gasteiger partial charge is 0.196 e. The largest absolute Gasteiger partial charge is 0.464 e. The Labute approximate surface area is 158 Å². The predicted molar refractivity (Wildman–Crippen MR) is 112 cm³/mol. The lowest BCUT2D eigenvalue weighted by Gasteiger charge is -2.26. The summed E-state index contributed by atoms with van der Waals surface area (Å²) in [6.07, 6.45) is -0.141. The molecule has 0 saturated heterocycles. The molecule has 0 bridgehead atoms. The molecule has 1 heterocycles. The Morgan fingerprint density at radius 1 is 0.885 bits per heavy atom. The zero-order valence-electron chi connectivity index (χ0n) is 17.4. The third kappa shape index (κ3) is 3.53. The summed E-state index contributed by atoms with van der Waals surface area (Å²) in [6.45, 7) is 13.5. The average molecular weight is 353 g/mol. The number of hydrogen-bond donors (Lipinski definition) is 1. The summed E-state index contributed by atoms with van der Waals surface area (Å²) in [5.41, 5.74) is 6.15. The Morgan fingerprint density at radius 2 is 1.50 bits per heavy atom. The van der Waals surface area contributed by atoms with E-state index < -0.39 is 0 Å². The lowest BCUT2D eigenvalue weighted by Crippen LogP contribution is -2.17. The number of anilines is 2. The van der Waals surface area contributed by atoms with Crippen molar-refractivity contribution in [3.8, 4) is 5.75 Å². The highest BCUT2D eigenvalue weighted by Crippen LogP contribution is 2.47. The highest BCUT2D eigenvalue weighted by atomic mass is 16.5. The maximum absolute atomic E-state index is 6.39. The van der Waals surface area contributed by atoms with Crippen LogP contribution in [0.4, 0.5) is 11.4 Å². The van der Waals surface area contributed by atoms with Gasteiger partial charge in [0.1, 0.15) is 5.75 Å². The fourth-order valence-electron chi connectivity index (χ4n) is 3.24. The van der Waals surface area contributed by atoms with Gasteiger partial charge < -0.3 is 15.0 Å². The van der Waals surface area contributed by atoms with E-state index in [0.717, 1.165) is 17.0 Å². The first-order valence-electron chi connectivity index (χ1n) is 9.36. The predicted octanol–water partition coefficient (Wildman–Crippen LogP) is 5.85. The summed E-state index contributed by atoms with van der Waals surface area (Å²) in [4.78, 5) is 2.11. The van der Waals surface area contributed by atoms with Crippen molar-refractivity contribution in [2.24, 2.45) is 0 Å². The van der Waals surface area contributed by atoms with Crippen LogP contribution in [-0.2, 0) is 10.8 Å². The van der Waals surface area contributed by atoms with E-state index in [1.54, 1.807) is 0 Å². The van der Waals surface area contributed by atoms with Crippen molar-refractivity contribution in [2.45, 2.75) is 58.6 Å². The Balaban J connectivity index is 1.99. The van der Waals surface area contributed by atoms with Crippen LogP contribution in [0.25, 0.3) is 0 Å². The van der Waals surface area contributed by atoms with Crippen LogP contribution in [0, 0.1) is 0 Å². The summed E-state index contributed by atoms with van der Waals surface area (Å²) >= 11 is 0. The third-order valence-electron chi connectivity index (χ3n) is 5.00. The van der Waals surface area contributed by atoms with Crippen LogP contribution in [0.5, 0.6) is 5.75 Å². The van der Waals surface area contributed by atoms with Crippen LogP contribution in [0.1, 0.15) is 64.5 Å². The van der Waals surface area contributed by atoms with E-state index in [0.29, 0.717) is 0 Å². The number of rotatable bonds is 2. The third-order valence-corrected chi connectivity index (χ3v) is 5.00. The highest BCUT2D eigenvalue weighted by Gasteiger charge is 2.32. The van der Waals surface area contributed by atoms with Gasteiger partial charge in [-0.25, -0.2) is 0 Å². The van der Waals surface area contributed by atoms with Crippen LogP contribution >= 0.6 is 0 Å². The molecule has 0 aliphatic carbocycles. The van der Waals surface area contributed by atoms with Gasteiger partial charge in [0.15, 0.2) is 6.23 Å². The van der Waals surface area contributed by atoms with E-state index in [9.17, 15) is 0 Å². The number of hydrogen-bond acceptors (Lipinski definition) is 3. The van der Waals surface area contributed by atoms with Crippen molar-refractivity contribution < 1.29 is 4.74 Å². The summed E-state index contributed by atoms with van der Waals surface area (Å²) < 4.78 is 6.39. The SMILES string of the molecule is CN(C)c1ccc(C2Nc3cc(C(C)(C)C)cc(C(C)(C)C)c3O2)cc1. The number of benzene rings is 2. The van der Waals surface area contributed by atoms with Gasteiger partial charge in [0, 0.05) is 30.9 Å². The Bertz CT molecular complexity index is 793. The molecule has 140 valence electrons. The topological polar surface area (TPSA) is 24.5 Å². The van der Waals surface area contributed by atoms with Crippen molar-refractivity contribution in [2.75, 3.05) is 24.3 Å². The van der Waals surface area contributed by atoms with Gasteiger partial charge >= 0.3 is 0 Å². The molecule has 26 heavy (non-hydrogen) atoms. The first-order chi connectivity index (χ1) is 12.0. The minimum atomic E-state index is -0.141. The summed E-state index contributed by atoms with van der Waals surface area (Å²) in [6, 6.07) is 13.1. The van der Waals surface area contributed by atoms with E-state index in [-0.39, 0.29) is 17.1 Å². The molecule has 1 N–H and O–H groups in total. The van der Waals surface area contributed by atoms with E-state index in [2.05, 4.69) is 102 Å². The molecule has 2 aromatic rings. The molecule has 3 nitrogen and oxygen atoms in total. The van der Waals surface area contributed by atoms with Crippen LogP contribution in [0.15, 0.2) is 36.4 Å². The van der Waals surface area contributed by atoms with Crippen LogP contribution in [0.2, 0.25) is 0 Å². The van der Waals surface area contributed by atoms with Gasteiger partial charge in [-0.3, -0.25) is 0 Å². The summed E-state index contributed by atoms with van der Waals surface area (Å²) in [7, 11) is 4.11. The molecular formula is C23H32N2O. The molecule has 1 aliphatic rings. The molecule has 1 aliphatic heterocycles. The summed E-state index contributed by atoms with van der Waals surface area (Å²) in [5, 5.41) is 3.59. The monoisotopic (exact) mass is 352 g/mol. The maximum atomic E-state index is 6.39. The number of ether oxygens (including phenoxy) is 1. The molecule has 1 atom stereocenters. The van der Waals surface area contributed by atoms with E-state index in [1.165, 1.54) is 16.8 Å². The minimum Gasteiger partial charge on any atom is -0.464 e. The van der Waals surface area contributed by atoms with E-state index >= 15 is 0 Å². The molecule has 0 saturated carbocycles. The minimum absolute atomic E-state index is 0.0245. The number of nitrogens with zero attached hydrogens (tertiary/aromatic N) is 1. The van der Waals surface area contributed by atoms with Crippen LogP contribution in [0.3, 0.4) is 0 Å². The van der Waals surface area contributed by atoms with Crippen molar-refractivity contribution in [3.05, 3.63) is 53.1 Å². The Morgan fingerprint density at radius 3 is 2.00 bits per heavy atom. The fraction of sp³-hybridized carbons (Fsp3) is 0.478. The Hall–Kier alpha value is -2.16. The molecule has 3 heteroatoms. The average Bonchev–Trinajstić information content (AvgIpc) is 2.96. The summed E-state index contributed by atoms with van der Waals surface area (Å²) in [5.74, 6) is 0.993. The van der Waals surface area contributed by atoms with Gasteiger partial charge in [0.25, 0.3) is 0 Å². The zero-order chi connectivity index (χ0) is 19.3. The highest BCUT2D eigenvalue weighted by molar-refractivity contribution is 5.68. The lowest BCUT2D eigenvalue weighted by atomic mass is 9.80. The second-order valence-electron chi connectivity index (χ2n) is 9.53. The van der Waals surface area contributed by atoms with Gasteiger partial charge in [-0.1, -0.05) is 59.7 Å². The first kappa shape index (κ1) is 18.6. The number of fused-ring (bicyclic) bond motifs is 1. The van der Waals surface area contributed by atoms with Gasteiger partial charge in [-0.2, -0.15) is 0 Å². The van der Waals surface area contributed by atoms with Crippen LogP contribution in [-0.4, -0.2) is 14.1 Å². The standard InChI is InChI=1S/C23H32N2O/c1-22(2,3)16-13-18(23(4,5)6)20-19(14-16)24-21(26-20)15-9-11-17(12-10-15)25(7)8/h9-14,21,24H,1-8H3. The molecule has 2 aromatic carbocycles. The molecule has 0 radical (unpaired) electrons. The quantitative estimate of drug-likeness (QED) is 0.733. The molecule has 0 fully saturated rings. The number of nitrogens with one attached hydrogen (secondary N) is 1. The van der Waals surface area contributed by atoms with Gasteiger partial charge in [-0.05, 0) is 34.6 Å². The first-order valence-corrected chi connectivity index (χ1v) is 9.36. The molecule has 1 unspecified atom stereocenters. The van der Waals surface area contributed by atoms with Crippen molar-refractivity contribution in [1.82, 2.24) is 0 Å². The lowest BCUT2D eigenvalue weighted by molar-refractivity contribution is 0.254. The van der Waals surface area contributed by atoms with Gasteiger partial charge in [-0.15, -0.1) is 0 Å². The van der Waals surface area contributed by atoms with Crippen molar-refractivity contribution >= 4 is 11.4 Å². The second-order valence-corrected chi connectivity index (χ2v) is 9.53. The molecule has 0 spiro atoms. The van der Waals surface area contributed by atoms with Crippen molar-refractivity contribution in [3.63, 3.8) is 0 Å². The van der Waals surface area contributed by atoms with E-state index in [4.69, 9.17) is 4.74 Å². The Kier molecular flexibility index (Phi) is 4.46. The second kappa shape index (κ2) is 6.22. The van der Waals surface area contributed by atoms with Crippen molar-refractivity contribution in [1.29, 1.82) is 0 Å². The molecule has 3 rings (SSSR count). The van der Waals surface area contributed by atoms with Crippen LogP contribution < -0.4 is 15.0 Å². The van der Waals surface area contributed by atoms with E-state index in [1.807, 2.05) is 0 Å². The molecular weight excluding hydrogens is 320 g/mol. The maximum Gasteiger partial charge on any atom is 0.196 e. The molecule has 0 aromatic heterocycles. The van der Waals surface area contributed by atoms with Gasteiger partial charge in [0.2, 0.25) is 0 Å².